The fraction of sp³-hybridized carbons (Fsp3) is 0.867. The van der Waals surface area contributed by atoms with Crippen molar-refractivity contribution < 1.29 is 73.8 Å². The first-order valence-corrected chi connectivity index (χ1v) is 30.1. The Balaban J connectivity index is 1.74. The lowest BCUT2D eigenvalue weighted by Crippen LogP contribution is -2.61. The standard InChI is InChI=1S/C60H108O15/c1-3-5-7-9-11-13-15-17-19-21-23-24-25-27-28-30-32-34-36-38-40-42-51(62)70-45-48(73-52(63)43-41-39-37-35-33-31-29-26-22-20-18-16-14-12-10-8-6-4-2)46-71-59-58(69)56(67)54(65)50(75-59)47-72-60-57(68)55(66)53(64)49(44-61)74-60/h14,16,20-23,48-50,53-61,64-69H,3-13,15,17-19,24-47H2,1-2H3/b16-14-,22-20-,23-21-. The molecule has 0 radical (unpaired) electrons. The minimum atomic E-state index is -1.77. The molecular formula is C60H108O15. The third kappa shape index (κ3) is 33.7. The minimum absolute atomic E-state index is 0.157. The molecule has 438 valence electrons. The van der Waals surface area contributed by atoms with Crippen molar-refractivity contribution in [1.82, 2.24) is 0 Å². The van der Waals surface area contributed by atoms with Crippen LogP contribution in [0.5, 0.6) is 0 Å². The van der Waals surface area contributed by atoms with Gasteiger partial charge in [0.1, 0.15) is 55.4 Å². The summed E-state index contributed by atoms with van der Waals surface area (Å²) in [5.74, 6) is -0.928. The number of allylic oxidation sites excluding steroid dienone is 6. The number of esters is 2. The van der Waals surface area contributed by atoms with Crippen LogP contribution in [0.2, 0.25) is 0 Å². The van der Waals surface area contributed by atoms with Crippen LogP contribution in [0.25, 0.3) is 0 Å². The summed E-state index contributed by atoms with van der Waals surface area (Å²) >= 11 is 0. The number of hydrogen-bond donors (Lipinski definition) is 7. The molecule has 0 aromatic rings. The Bertz CT molecular complexity index is 1440. The van der Waals surface area contributed by atoms with Crippen LogP contribution in [0.3, 0.4) is 0 Å². The smallest absolute Gasteiger partial charge is 0.306 e. The third-order valence-electron chi connectivity index (χ3n) is 14.3. The Hall–Kier alpha value is -2.28. The number of rotatable bonds is 48. The number of unbranched alkanes of at least 4 members (excludes halogenated alkanes) is 28. The molecule has 75 heavy (non-hydrogen) atoms. The van der Waals surface area contributed by atoms with E-state index in [0.717, 1.165) is 64.2 Å². The largest absolute Gasteiger partial charge is 0.462 e. The fourth-order valence-corrected chi connectivity index (χ4v) is 9.42. The summed E-state index contributed by atoms with van der Waals surface area (Å²) in [5, 5.41) is 72.3. The van der Waals surface area contributed by atoms with E-state index in [4.69, 9.17) is 28.4 Å². The molecule has 2 fully saturated rings. The first-order chi connectivity index (χ1) is 36.5. The van der Waals surface area contributed by atoms with Crippen molar-refractivity contribution in [2.24, 2.45) is 0 Å². The quantitative estimate of drug-likeness (QED) is 0.0171. The van der Waals surface area contributed by atoms with Gasteiger partial charge in [-0.1, -0.05) is 192 Å². The van der Waals surface area contributed by atoms with E-state index in [0.29, 0.717) is 12.8 Å². The summed E-state index contributed by atoms with van der Waals surface area (Å²) in [4.78, 5) is 25.9. The van der Waals surface area contributed by atoms with Crippen LogP contribution in [-0.2, 0) is 38.0 Å². The molecule has 0 aromatic carbocycles. The Morgan fingerprint density at radius 1 is 0.427 bits per heavy atom. The van der Waals surface area contributed by atoms with Crippen LogP contribution in [-0.4, -0.2) is 142 Å². The van der Waals surface area contributed by atoms with E-state index in [1.165, 1.54) is 135 Å². The SMILES string of the molecule is CCCCCC/C=C\C/C=C\CCCCCCCCCC(=O)OC(COC(=O)CCCCCCCCCCC/C=C\CCCCCCCCCC)COC1OC(COC2OC(CO)C(O)C(O)C2O)C(O)C(O)C1O. The Morgan fingerprint density at radius 2 is 0.800 bits per heavy atom. The summed E-state index contributed by atoms with van der Waals surface area (Å²) in [6.45, 7) is 2.60. The van der Waals surface area contributed by atoms with Gasteiger partial charge in [-0.2, -0.15) is 0 Å². The van der Waals surface area contributed by atoms with Gasteiger partial charge >= 0.3 is 11.9 Å². The lowest BCUT2D eigenvalue weighted by Gasteiger charge is -2.42. The van der Waals surface area contributed by atoms with Crippen molar-refractivity contribution in [3.05, 3.63) is 36.5 Å². The van der Waals surface area contributed by atoms with Gasteiger partial charge in [0.15, 0.2) is 18.7 Å². The first-order valence-electron chi connectivity index (χ1n) is 30.1. The highest BCUT2D eigenvalue weighted by molar-refractivity contribution is 5.70. The molecule has 0 spiro atoms. The van der Waals surface area contributed by atoms with Crippen molar-refractivity contribution in [2.45, 2.75) is 306 Å². The zero-order valence-corrected chi connectivity index (χ0v) is 46.8. The second kappa shape index (κ2) is 46.6. The van der Waals surface area contributed by atoms with Crippen LogP contribution >= 0.6 is 0 Å². The zero-order valence-electron chi connectivity index (χ0n) is 46.8. The summed E-state index contributed by atoms with van der Waals surface area (Å²) in [5.41, 5.74) is 0. The highest BCUT2D eigenvalue weighted by Gasteiger charge is 2.47. The summed E-state index contributed by atoms with van der Waals surface area (Å²) in [6.07, 6.45) is 35.9. The molecule has 0 saturated carbocycles. The normalized spacial score (nSPS) is 24.7. The Labute approximate surface area is 453 Å². The van der Waals surface area contributed by atoms with E-state index >= 15 is 0 Å². The molecule has 11 atom stereocenters. The van der Waals surface area contributed by atoms with Gasteiger partial charge in [-0.25, -0.2) is 0 Å². The van der Waals surface area contributed by atoms with E-state index in [-0.39, 0.29) is 26.1 Å². The van der Waals surface area contributed by atoms with Gasteiger partial charge in [0, 0.05) is 12.8 Å². The van der Waals surface area contributed by atoms with Crippen LogP contribution in [0.1, 0.15) is 239 Å². The first kappa shape index (κ1) is 68.8. The molecule has 0 bridgehead atoms. The monoisotopic (exact) mass is 1070 g/mol. The van der Waals surface area contributed by atoms with Gasteiger partial charge in [-0.3, -0.25) is 9.59 Å². The number of ether oxygens (including phenoxy) is 6. The maximum atomic E-state index is 13.1. The second-order valence-corrected chi connectivity index (χ2v) is 21.2. The van der Waals surface area contributed by atoms with E-state index in [1.807, 2.05) is 0 Å². The molecule has 2 aliphatic heterocycles. The highest BCUT2D eigenvalue weighted by atomic mass is 16.7. The molecule has 2 saturated heterocycles. The second-order valence-electron chi connectivity index (χ2n) is 21.2. The van der Waals surface area contributed by atoms with Crippen molar-refractivity contribution >= 4 is 11.9 Å². The lowest BCUT2D eigenvalue weighted by molar-refractivity contribution is -0.332. The van der Waals surface area contributed by atoms with Crippen molar-refractivity contribution in [1.29, 1.82) is 0 Å². The van der Waals surface area contributed by atoms with Crippen LogP contribution in [0.4, 0.5) is 0 Å². The summed E-state index contributed by atoms with van der Waals surface area (Å²) in [7, 11) is 0. The number of aliphatic hydroxyl groups is 7. The Morgan fingerprint density at radius 3 is 1.27 bits per heavy atom. The van der Waals surface area contributed by atoms with Gasteiger partial charge in [0.2, 0.25) is 0 Å². The molecule has 0 amide bonds. The summed E-state index contributed by atoms with van der Waals surface area (Å²) in [6, 6.07) is 0. The van der Waals surface area contributed by atoms with E-state index in [2.05, 4.69) is 50.3 Å². The Kier molecular flexibility index (Phi) is 42.8. The molecule has 15 heteroatoms. The van der Waals surface area contributed by atoms with Crippen molar-refractivity contribution in [2.75, 3.05) is 26.4 Å². The predicted molar refractivity (Wildman–Crippen MR) is 294 cm³/mol. The zero-order chi connectivity index (χ0) is 54.6. The third-order valence-corrected chi connectivity index (χ3v) is 14.3. The maximum Gasteiger partial charge on any atom is 0.306 e. The predicted octanol–water partition coefficient (Wildman–Crippen LogP) is 10.4. The van der Waals surface area contributed by atoms with Gasteiger partial charge in [-0.05, 0) is 70.6 Å². The summed E-state index contributed by atoms with van der Waals surface area (Å²) < 4.78 is 33.7. The fourth-order valence-electron chi connectivity index (χ4n) is 9.42. The number of hydrogen-bond acceptors (Lipinski definition) is 15. The van der Waals surface area contributed by atoms with E-state index < -0.39 is 92.7 Å². The molecular weight excluding hydrogens is 961 g/mol. The maximum absolute atomic E-state index is 13.1. The molecule has 2 aliphatic rings. The van der Waals surface area contributed by atoms with Crippen molar-refractivity contribution in [3.63, 3.8) is 0 Å². The average Bonchev–Trinajstić information content (AvgIpc) is 3.40. The van der Waals surface area contributed by atoms with Crippen molar-refractivity contribution in [3.8, 4) is 0 Å². The van der Waals surface area contributed by atoms with E-state index in [9.17, 15) is 45.3 Å². The topological polar surface area (TPSA) is 231 Å². The van der Waals surface area contributed by atoms with Crippen LogP contribution in [0, 0.1) is 0 Å². The lowest BCUT2D eigenvalue weighted by atomic mass is 9.98. The van der Waals surface area contributed by atoms with Gasteiger partial charge in [0.25, 0.3) is 0 Å². The van der Waals surface area contributed by atoms with Gasteiger partial charge in [-0.15, -0.1) is 0 Å². The number of carbonyl (C=O) groups excluding carboxylic acids is 2. The minimum Gasteiger partial charge on any atom is -0.462 e. The average molecular weight is 1070 g/mol. The van der Waals surface area contributed by atoms with Gasteiger partial charge < -0.3 is 64.2 Å². The van der Waals surface area contributed by atoms with Crippen LogP contribution in [0.15, 0.2) is 36.5 Å². The number of carbonyl (C=O) groups is 2. The molecule has 0 aromatic heterocycles. The molecule has 0 aliphatic carbocycles. The molecule has 2 rings (SSSR count). The highest BCUT2D eigenvalue weighted by Crippen LogP contribution is 2.27. The van der Waals surface area contributed by atoms with Gasteiger partial charge in [0.05, 0.1) is 19.8 Å². The van der Waals surface area contributed by atoms with Crippen LogP contribution < -0.4 is 0 Å². The molecule has 11 unspecified atom stereocenters. The molecule has 7 N–H and O–H groups in total. The molecule has 2 heterocycles. The van der Waals surface area contributed by atoms with E-state index in [1.54, 1.807) is 0 Å². The molecule has 15 nitrogen and oxygen atoms in total. The number of aliphatic hydroxyl groups excluding tert-OH is 7.